The van der Waals surface area contributed by atoms with E-state index in [1.165, 1.54) is 24.3 Å². The summed E-state index contributed by atoms with van der Waals surface area (Å²) in [4.78, 5) is 4.03. The first-order valence-electron chi connectivity index (χ1n) is 6.71. The van der Waals surface area contributed by atoms with E-state index in [2.05, 4.69) is 48.5 Å². The van der Waals surface area contributed by atoms with Crippen molar-refractivity contribution >= 4 is 11.3 Å². The summed E-state index contributed by atoms with van der Waals surface area (Å²) < 4.78 is 0. The van der Waals surface area contributed by atoms with E-state index in [1.807, 2.05) is 11.3 Å². The van der Waals surface area contributed by atoms with Gasteiger partial charge in [0.25, 0.3) is 0 Å². The number of hydrogen-bond acceptors (Lipinski definition) is 3. The van der Waals surface area contributed by atoms with Gasteiger partial charge in [-0.1, -0.05) is 13.0 Å². The van der Waals surface area contributed by atoms with Crippen LogP contribution in [0.1, 0.15) is 38.5 Å². The van der Waals surface area contributed by atoms with Gasteiger partial charge in [-0.05, 0) is 57.8 Å². The first-order valence-corrected chi connectivity index (χ1v) is 7.59. The highest BCUT2D eigenvalue weighted by Gasteiger charge is 2.09. The van der Waals surface area contributed by atoms with E-state index in [9.17, 15) is 0 Å². The normalized spacial score (nSPS) is 11.6. The Morgan fingerprint density at radius 1 is 1.35 bits per heavy atom. The van der Waals surface area contributed by atoms with E-state index in [0.717, 1.165) is 19.6 Å². The predicted molar refractivity (Wildman–Crippen MR) is 77.6 cm³/mol. The first-order chi connectivity index (χ1) is 8.24. The Balaban J connectivity index is 2.24. The lowest BCUT2D eigenvalue weighted by Gasteiger charge is -2.25. The molecule has 0 aliphatic heterocycles. The van der Waals surface area contributed by atoms with E-state index >= 15 is 0 Å². The van der Waals surface area contributed by atoms with Crippen molar-refractivity contribution in [3.8, 4) is 0 Å². The summed E-state index contributed by atoms with van der Waals surface area (Å²) in [6.45, 7) is 11.4. The van der Waals surface area contributed by atoms with Crippen molar-refractivity contribution in [2.24, 2.45) is 0 Å². The van der Waals surface area contributed by atoms with Gasteiger partial charge in [0.15, 0.2) is 0 Å². The zero-order valence-electron chi connectivity index (χ0n) is 11.4. The second kappa shape index (κ2) is 8.67. The summed E-state index contributed by atoms with van der Waals surface area (Å²) >= 11 is 1.86. The standard InChI is InChI=1S/C14H26N2S/c1-4-8-15-9-6-10-16(13(2)3)12-14-7-5-11-17-14/h5,7,11,13,15H,4,6,8-10,12H2,1-3H3. The molecule has 0 aliphatic rings. The van der Waals surface area contributed by atoms with Crippen molar-refractivity contribution in [1.82, 2.24) is 10.2 Å². The number of rotatable bonds is 9. The van der Waals surface area contributed by atoms with Crippen molar-refractivity contribution in [3.63, 3.8) is 0 Å². The molecule has 0 aromatic carbocycles. The molecular weight excluding hydrogens is 228 g/mol. The zero-order valence-corrected chi connectivity index (χ0v) is 12.2. The largest absolute Gasteiger partial charge is 0.317 e. The van der Waals surface area contributed by atoms with Crippen LogP contribution in [0.3, 0.4) is 0 Å². The molecule has 0 fully saturated rings. The molecule has 17 heavy (non-hydrogen) atoms. The molecule has 0 bridgehead atoms. The van der Waals surface area contributed by atoms with Gasteiger partial charge in [0.1, 0.15) is 0 Å². The number of nitrogens with one attached hydrogen (secondary N) is 1. The second-order valence-electron chi connectivity index (χ2n) is 4.75. The summed E-state index contributed by atoms with van der Waals surface area (Å²) in [6, 6.07) is 5.00. The molecule has 1 aromatic rings. The third-order valence-electron chi connectivity index (χ3n) is 2.89. The van der Waals surface area contributed by atoms with Gasteiger partial charge in [-0.15, -0.1) is 11.3 Å². The molecule has 0 saturated heterocycles. The van der Waals surface area contributed by atoms with Gasteiger partial charge in [0.2, 0.25) is 0 Å². The highest BCUT2D eigenvalue weighted by molar-refractivity contribution is 7.09. The van der Waals surface area contributed by atoms with Crippen LogP contribution >= 0.6 is 11.3 Å². The van der Waals surface area contributed by atoms with Crippen LogP contribution in [-0.4, -0.2) is 30.6 Å². The Kier molecular flexibility index (Phi) is 7.49. The van der Waals surface area contributed by atoms with Crippen molar-refractivity contribution in [3.05, 3.63) is 22.4 Å². The van der Waals surface area contributed by atoms with Crippen molar-refractivity contribution in [2.45, 2.75) is 46.2 Å². The third kappa shape index (κ3) is 6.20. The van der Waals surface area contributed by atoms with Gasteiger partial charge < -0.3 is 5.32 Å². The van der Waals surface area contributed by atoms with E-state index in [4.69, 9.17) is 0 Å². The fourth-order valence-corrected chi connectivity index (χ4v) is 2.56. The quantitative estimate of drug-likeness (QED) is 0.680. The van der Waals surface area contributed by atoms with Crippen LogP contribution < -0.4 is 5.32 Å². The molecule has 0 spiro atoms. The summed E-state index contributed by atoms with van der Waals surface area (Å²) in [5, 5.41) is 5.63. The minimum absolute atomic E-state index is 0.628. The van der Waals surface area contributed by atoms with Gasteiger partial charge in [-0.3, -0.25) is 4.90 Å². The van der Waals surface area contributed by atoms with E-state index in [1.54, 1.807) is 0 Å². The molecule has 0 amide bonds. The molecule has 3 heteroatoms. The molecule has 98 valence electrons. The molecule has 1 N–H and O–H groups in total. The molecule has 0 radical (unpaired) electrons. The molecule has 2 nitrogen and oxygen atoms in total. The molecule has 0 unspecified atom stereocenters. The molecule has 1 rings (SSSR count). The van der Waals surface area contributed by atoms with Crippen LogP contribution in [-0.2, 0) is 6.54 Å². The highest BCUT2D eigenvalue weighted by atomic mass is 32.1. The van der Waals surface area contributed by atoms with Crippen LogP contribution in [0, 0.1) is 0 Å². The van der Waals surface area contributed by atoms with Crippen LogP contribution in [0.4, 0.5) is 0 Å². The summed E-state index contributed by atoms with van der Waals surface area (Å²) in [6.07, 6.45) is 2.46. The minimum atomic E-state index is 0.628. The fourth-order valence-electron chi connectivity index (χ4n) is 1.83. The molecule has 1 heterocycles. The third-order valence-corrected chi connectivity index (χ3v) is 3.76. The van der Waals surface area contributed by atoms with E-state index in [-0.39, 0.29) is 0 Å². The number of nitrogens with zero attached hydrogens (tertiary/aromatic N) is 1. The average Bonchev–Trinajstić information content (AvgIpc) is 2.79. The highest BCUT2D eigenvalue weighted by Crippen LogP contribution is 2.13. The fraction of sp³-hybridized carbons (Fsp3) is 0.714. The lowest BCUT2D eigenvalue weighted by molar-refractivity contribution is 0.211. The second-order valence-corrected chi connectivity index (χ2v) is 5.78. The Hall–Kier alpha value is -0.380. The molecule has 0 saturated carbocycles. The molecule has 1 aromatic heterocycles. The first kappa shape index (κ1) is 14.7. The molecule has 0 atom stereocenters. The van der Waals surface area contributed by atoms with Crippen molar-refractivity contribution < 1.29 is 0 Å². The Morgan fingerprint density at radius 2 is 2.18 bits per heavy atom. The van der Waals surface area contributed by atoms with Gasteiger partial charge in [-0.2, -0.15) is 0 Å². The van der Waals surface area contributed by atoms with Crippen LogP contribution in [0.25, 0.3) is 0 Å². The smallest absolute Gasteiger partial charge is 0.0330 e. The average molecular weight is 254 g/mol. The monoisotopic (exact) mass is 254 g/mol. The minimum Gasteiger partial charge on any atom is -0.317 e. The Labute approximate surface area is 110 Å². The SMILES string of the molecule is CCCNCCCN(Cc1cccs1)C(C)C. The van der Waals surface area contributed by atoms with Gasteiger partial charge in [0.05, 0.1) is 0 Å². The molecule has 0 aliphatic carbocycles. The maximum atomic E-state index is 3.46. The Bertz CT molecular complexity index is 270. The lowest BCUT2D eigenvalue weighted by atomic mass is 10.2. The lowest BCUT2D eigenvalue weighted by Crippen LogP contribution is -2.32. The number of hydrogen-bond donors (Lipinski definition) is 1. The number of thiophene rings is 1. The maximum Gasteiger partial charge on any atom is 0.0330 e. The van der Waals surface area contributed by atoms with Crippen LogP contribution in [0.2, 0.25) is 0 Å². The molecular formula is C14H26N2S. The van der Waals surface area contributed by atoms with Crippen molar-refractivity contribution in [1.29, 1.82) is 0 Å². The summed E-state index contributed by atoms with van der Waals surface area (Å²) in [7, 11) is 0. The van der Waals surface area contributed by atoms with Crippen LogP contribution in [0.5, 0.6) is 0 Å². The van der Waals surface area contributed by atoms with Gasteiger partial charge in [0, 0.05) is 17.5 Å². The van der Waals surface area contributed by atoms with E-state index in [0.29, 0.717) is 6.04 Å². The maximum absolute atomic E-state index is 3.46. The van der Waals surface area contributed by atoms with Gasteiger partial charge in [-0.25, -0.2) is 0 Å². The summed E-state index contributed by atoms with van der Waals surface area (Å²) in [5.41, 5.74) is 0. The van der Waals surface area contributed by atoms with Gasteiger partial charge >= 0.3 is 0 Å². The predicted octanol–water partition coefficient (Wildman–Crippen LogP) is 3.35. The van der Waals surface area contributed by atoms with Crippen molar-refractivity contribution in [2.75, 3.05) is 19.6 Å². The van der Waals surface area contributed by atoms with E-state index < -0.39 is 0 Å². The van der Waals surface area contributed by atoms with Crippen LogP contribution in [0.15, 0.2) is 17.5 Å². The Morgan fingerprint density at radius 3 is 2.76 bits per heavy atom. The summed E-state index contributed by atoms with van der Waals surface area (Å²) in [5.74, 6) is 0. The topological polar surface area (TPSA) is 15.3 Å². The zero-order chi connectivity index (χ0) is 12.5.